The van der Waals surface area contributed by atoms with Crippen LogP contribution in [-0.4, -0.2) is 50.9 Å². The Labute approximate surface area is 161 Å². The van der Waals surface area contributed by atoms with Gasteiger partial charge in [0.2, 0.25) is 5.91 Å². The lowest BCUT2D eigenvalue weighted by atomic mass is 10.1. The third kappa shape index (κ3) is 3.83. The van der Waals surface area contributed by atoms with Crippen molar-refractivity contribution < 1.29 is 9.59 Å². The largest absolute Gasteiger partial charge is 0.354 e. The quantitative estimate of drug-likeness (QED) is 0.713. The lowest BCUT2D eigenvalue weighted by Crippen LogP contribution is -2.47. The van der Waals surface area contributed by atoms with Crippen LogP contribution in [0.4, 0.5) is 0 Å². The molecule has 0 saturated carbocycles. The number of carbonyl (C=O) groups excluding carboxylic acids is 2. The number of nitrogens with one attached hydrogen (secondary N) is 2. The van der Waals surface area contributed by atoms with Crippen LogP contribution >= 0.6 is 11.8 Å². The zero-order valence-electron chi connectivity index (χ0n) is 14.7. The number of nitrogens with zero attached hydrogens (tertiary/aromatic N) is 2. The average molecular weight is 380 g/mol. The van der Waals surface area contributed by atoms with Crippen LogP contribution in [0.2, 0.25) is 0 Å². The van der Waals surface area contributed by atoms with Gasteiger partial charge in [-0.05, 0) is 24.3 Å². The molecule has 2 aromatic carbocycles. The van der Waals surface area contributed by atoms with Crippen LogP contribution in [0.3, 0.4) is 0 Å². The number of imidazole rings is 1. The molecule has 2 amide bonds. The van der Waals surface area contributed by atoms with Gasteiger partial charge in [-0.3, -0.25) is 9.59 Å². The van der Waals surface area contributed by atoms with Crippen LogP contribution in [0.5, 0.6) is 0 Å². The van der Waals surface area contributed by atoms with Gasteiger partial charge in [0.05, 0.1) is 16.9 Å². The van der Waals surface area contributed by atoms with Crippen LogP contribution in [0, 0.1) is 0 Å². The van der Waals surface area contributed by atoms with E-state index in [-0.39, 0.29) is 11.8 Å². The zero-order chi connectivity index (χ0) is 18.6. The normalized spacial score (nSPS) is 16.6. The Kier molecular flexibility index (Phi) is 5.11. The molecule has 2 heterocycles. The molecule has 6 nitrogen and oxygen atoms in total. The van der Waals surface area contributed by atoms with E-state index in [1.807, 2.05) is 42.5 Å². The van der Waals surface area contributed by atoms with Crippen LogP contribution < -0.4 is 5.32 Å². The fourth-order valence-corrected chi connectivity index (χ4v) is 4.31. The monoisotopic (exact) mass is 380 g/mol. The van der Waals surface area contributed by atoms with Crippen molar-refractivity contribution in [3.63, 3.8) is 0 Å². The summed E-state index contributed by atoms with van der Waals surface area (Å²) in [6.45, 7) is 0.479. The minimum absolute atomic E-state index is 0.0990. The maximum absolute atomic E-state index is 12.7. The number of fused-ring (bicyclic) bond motifs is 1. The maximum atomic E-state index is 12.7. The molecule has 1 aliphatic heterocycles. The smallest absolute Gasteiger partial charge is 0.255 e. The minimum Gasteiger partial charge on any atom is -0.354 e. The molecule has 4 rings (SSSR count). The van der Waals surface area contributed by atoms with Crippen molar-refractivity contribution in [2.45, 2.75) is 12.5 Å². The van der Waals surface area contributed by atoms with Crippen LogP contribution in [0.15, 0.2) is 54.6 Å². The van der Waals surface area contributed by atoms with Gasteiger partial charge < -0.3 is 15.2 Å². The first-order chi connectivity index (χ1) is 13.2. The summed E-state index contributed by atoms with van der Waals surface area (Å²) in [5, 5.41) is 2.95. The number of rotatable bonds is 5. The molecule has 0 radical (unpaired) electrons. The molecule has 1 unspecified atom stereocenters. The zero-order valence-corrected chi connectivity index (χ0v) is 15.5. The SMILES string of the molecule is O=C(NCCc1nc2ccccc2[nH]1)C1CSCN1C(=O)c1ccccc1. The van der Waals surface area contributed by atoms with E-state index in [1.54, 1.807) is 28.8 Å². The van der Waals surface area contributed by atoms with Crippen molar-refractivity contribution >= 4 is 34.6 Å². The summed E-state index contributed by atoms with van der Waals surface area (Å²) < 4.78 is 0. The molecule has 1 aromatic heterocycles. The maximum Gasteiger partial charge on any atom is 0.255 e. The Bertz CT molecular complexity index is 924. The van der Waals surface area contributed by atoms with Crippen molar-refractivity contribution in [3.8, 4) is 0 Å². The van der Waals surface area contributed by atoms with E-state index in [1.165, 1.54) is 0 Å². The molecular weight excluding hydrogens is 360 g/mol. The summed E-state index contributed by atoms with van der Waals surface area (Å²) in [5.41, 5.74) is 2.52. The molecule has 0 spiro atoms. The first-order valence-electron chi connectivity index (χ1n) is 8.87. The Balaban J connectivity index is 1.35. The molecule has 7 heteroatoms. The van der Waals surface area contributed by atoms with Gasteiger partial charge in [0, 0.05) is 24.3 Å². The molecule has 1 atom stereocenters. The molecule has 1 saturated heterocycles. The second-order valence-electron chi connectivity index (χ2n) is 6.40. The molecule has 0 aliphatic carbocycles. The molecule has 3 aromatic rings. The third-order valence-electron chi connectivity index (χ3n) is 4.57. The number of amides is 2. The molecule has 0 bridgehead atoms. The summed E-state index contributed by atoms with van der Waals surface area (Å²) in [6, 6.07) is 16.5. The molecule has 2 N–H and O–H groups in total. The number of carbonyl (C=O) groups is 2. The summed E-state index contributed by atoms with van der Waals surface area (Å²) in [4.78, 5) is 34.7. The van der Waals surface area contributed by atoms with E-state index < -0.39 is 6.04 Å². The second kappa shape index (κ2) is 7.84. The molecule has 138 valence electrons. The van der Waals surface area contributed by atoms with E-state index in [9.17, 15) is 9.59 Å². The summed E-state index contributed by atoms with van der Waals surface area (Å²) in [6.07, 6.45) is 0.618. The Morgan fingerprint density at radius 3 is 2.74 bits per heavy atom. The van der Waals surface area contributed by atoms with Gasteiger partial charge in [-0.15, -0.1) is 11.8 Å². The van der Waals surface area contributed by atoms with Crippen LogP contribution in [-0.2, 0) is 11.2 Å². The Morgan fingerprint density at radius 1 is 1.15 bits per heavy atom. The Hall–Kier alpha value is -2.80. The van der Waals surface area contributed by atoms with Gasteiger partial charge in [-0.1, -0.05) is 30.3 Å². The lowest BCUT2D eigenvalue weighted by molar-refractivity contribution is -0.124. The molecule has 1 fully saturated rings. The topological polar surface area (TPSA) is 78.1 Å². The average Bonchev–Trinajstić information content (AvgIpc) is 3.34. The van der Waals surface area contributed by atoms with Gasteiger partial charge >= 0.3 is 0 Å². The van der Waals surface area contributed by atoms with E-state index >= 15 is 0 Å². The van der Waals surface area contributed by atoms with Crippen LogP contribution in [0.25, 0.3) is 11.0 Å². The highest BCUT2D eigenvalue weighted by molar-refractivity contribution is 7.99. The highest BCUT2D eigenvalue weighted by atomic mass is 32.2. The number of benzene rings is 2. The van der Waals surface area contributed by atoms with Crippen molar-refractivity contribution in [2.75, 3.05) is 18.2 Å². The van der Waals surface area contributed by atoms with E-state index in [0.717, 1.165) is 16.9 Å². The first-order valence-corrected chi connectivity index (χ1v) is 10.0. The standard InChI is InChI=1S/C20H20N4O2S/c25-19(21-11-10-18-22-15-8-4-5-9-16(15)23-18)17-12-27-13-24(17)20(26)14-6-2-1-3-7-14/h1-9,17H,10-13H2,(H,21,25)(H,22,23). The molecule has 27 heavy (non-hydrogen) atoms. The number of hydrogen-bond acceptors (Lipinski definition) is 4. The number of H-pyrrole nitrogens is 1. The van der Waals surface area contributed by atoms with Crippen molar-refractivity contribution in [3.05, 3.63) is 66.0 Å². The lowest BCUT2D eigenvalue weighted by Gasteiger charge is -2.23. The van der Waals surface area contributed by atoms with Crippen LogP contribution in [0.1, 0.15) is 16.2 Å². The van der Waals surface area contributed by atoms with Gasteiger partial charge in [-0.2, -0.15) is 0 Å². The predicted molar refractivity (Wildman–Crippen MR) is 107 cm³/mol. The summed E-state index contributed by atoms with van der Waals surface area (Å²) in [5.74, 6) is 1.79. The third-order valence-corrected chi connectivity index (χ3v) is 5.58. The van der Waals surface area contributed by atoms with Crippen molar-refractivity contribution in [1.29, 1.82) is 0 Å². The second-order valence-corrected chi connectivity index (χ2v) is 7.40. The van der Waals surface area contributed by atoms with Gasteiger partial charge in [0.1, 0.15) is 11.9 Å². The Morgan fingerprint density at radius 2 is 1.93 bits per heavy atom. The molecule has 1 aliphatic rings. The number of thioether (sulfide) groups is 1. The van der Waals surface area contributed by atoms with E-state index in [0.29, 0.717) is 30.2 Å². The van der Waals surface area contributed by atoms with Gasteiger partial charge in [0.25, 0.3) is 5.91 Å². The van der Waals surface area contributed by atoms with E-state index in [2.05, 4.69) is 15.3 Å². The van der Waals surface area contributed by atoms with Gasteiger partial charge in [0.15, 0.2) is 0 Å². The first kappa shape index (κ1) is 17.6. The number of hydrogen-bond donors (Lipinski definition) is 2. The van der Waals surface area contributed by atoms with Crippen molar-refractivity contribution in [1.82, 2.24) is 20.2 Å². The minimum atomic E-state index is -0.432. The summed E-state index contributed by atoms with van der Waals surface area (Å²) in [7, 11) is 0. The van der Waals surface area contributed by atoms with Gasteiger partial charge in [-0.25, -0.2) is 4.98 Å². The predicted octanol–water partition coefficient (Wildman–Crippen LogP) is 2.44. The highest BCUT2D eigenvalue weighted by Crippen LogP contribution is 2.23. The number of aromatic nitrogens is 2. The fraction of sp³-hybridized carbons (Fsp3) is 0.250. The number of para-hydroxylation sites is 2. The summed E-state index contributed by atoms with van der Waals surface area (Å²) >= 11 is 1.60. The number of aromatic amines is 1. The van der Waals surface area contributed by atoms with E-state index in [4.69, 9.17) is 0 Å². The molecular formula is C20H20N4O2S. The van der Waals surface area contributed by atoms with Crippen molar-refractivity contribution in [2.24, 2.45) is 0 Å². The fourth-order valence-electron chi connectivity index (χ4n) is 3.15. The highest BCUT2D eigenvalue weighted by Gasteiger charge is 2.34.